The first kappa shape index (κ1) is 17.3. The minimum Gasteiger partial charge on any atom is -0.347 e. The summed E-state index contributed by atoms with van der Waals surface area (Å²) in [5.41, 5.74) is 1.13. The van der Waals surface area contributed by atoms with E-state index in [1.807, 2.05) is 16.8 Å². The van der Waals surface area contributed by atoms with Crippen LogP contribution in [0.4, 0.5) is 0 Å². The summed E-state index contributed by atoms with van der Waals surface area (Å²) in [4.78, 5) is 16.0. The van der Waals surface area contributed by atoms with Crippen molar-refractivity contribution in [3.63, 3.8) is 0 Å². The summed E-state index contributed by atoms with van der Waals surface area (Å²) in [6, 6.07) is 9.97. The summed E-state index contributed by atoms with van der Waals surface area (Å²) in [6.45, 7) is 0.426. The molecule has 3 rings (SSSR count). The van der Waals surface area contributed by atoms with Crippen molar-refractivity contribution in [1.82, 2.24) is 15.5 Å². The summed E-state index contributed by atoms with van der Waals surface area (Å²) in [5, 5.41) is 10.2. The lowest BCUT2D eigenvalue weighted by Gasteiger charge is -2.00. The van der Waals surface area contributed by atoms with Gasteiger partial charge in [0.25, 0.3) is 0 Å². The molecule has 0 unspecified atom stereocenters. The summed E-state index contributed by atoms with van der Waals surface area (Å²) in [5.74, 6) is -1.25. The average Bonchev–Trinajstić information content (AvgIpc) is 3.27. The van der Waals surface area contributed by atoms with Crippen molar-refractivity contribution in [3.05, 3.63) is 64.4 Å². The highest BCUT2D eigenvalue weighted by molar-refractivity contribution is 7.90. The quantitative estimate of drug-likeness (QED) is 0.676. The van der Waals surface area contributed by atoms with Crippen molar-refractivity contribution in [1.29, 1.82) is 0 Å². The monoisotopic (exact) mass is 377 g/mol. The second kappa shape index (κ2) is 7.58. The largest absolute Gasteiger partial charge is 0.347 e. The molecule has 1 N–H and O–H groups in total. The molecule has 25 heavy (non-hydrogen) atoms. The predicted octanol–water partition coefficient (Wildman–Crippen LogP) is 2.08. The maximum atomic E-state index is 12.3. The van der Waals surface area contributed by atoms with Crippen LogP contribution in [0.1, 0.15) is 22.1 Å². The molecule has 1 amide bonds. The zero-order valence-electron chi connectivity index (χ0n) is 13.1. The molecule has 0 aliphatic heterocycles. The third-order valence-corrected chi connectivity index (χ3v) is 5.72. The molecule has 0 saturated carbocycles. The Hall–Kier alpha value is -2.52. The number of thiophene rings is 1. The van der Waals surface area contributed by atoms with E-state index < -0.39 is 21.5 Å². The Morgan fingerprint density at radius 2 is 2.00 bits per heavy atom. The maximum Gasteiger partial charge on any atom is 0.315 e. The molecular formula is C16H15N3O4S2. The van der Waals surface area contributed by atoms with Crippen molar-refractivity contribution >= 4 is 27.1 Å². The highest BCUT2D eigenvalue weighted by Crippen LogP contribution is 2.14. The fourth-order valence-corrected chi connectivity index (χ4v) is 4.02. The molecule has 2 heterocycles. The van der Waals surface area contributed by atoms with Crippen LogP contribution < -0.4 is 5.32 Å². The van der Waals surface area contributed by atoms with Crippen LogP contribution >= 0.6 is 11.3 Å². The smallest absolute Gasteiger partial charge is 0.315 e. The topological polar surface area (TPSA) is 102 Å². The molecule has 0 radical (unpaired) electrons. The first-order valence-corrected chi connectivity index (χ1v) is 10.0. The van der Waals surface area contributed by atoms with Crippen molar-refractivity contribution < 1.29 is 17.7 Å². The normalized spacial score (nSPS) is 11.4. The van der Waals surface area contributed by atoms with E-state index in [9.17, 15) is 13.2 Å². The molecule has 9 heteroatoms. The summed E-state index contributed by atoms with van der Waals surface area (Å²) >= 11 is 1.59. The van der Waals surface area contributed by atoms with Crippen molar-refractivity contribution in [2.45, 2.75) is 17.1 Å². The molecule has 0 atom stereocenters. The number of nitrogens with one attached hydrogen (secondary N) is 1. The Morgan fingerprint density at radius 3 is 2.72 bits per heavy atom. The first-order valence-electron chi connectivity index (χ1n) is 7.44. The van der Waals surface area contributed by atoms with Gasteiger partial charge in [0.15, 0.2) is 15.7 Å². The van der Waals surface area contributed by atoms with Crippen LogP contribution in [0.15, 0.2) is 56.6 Å². The van der Waals surface area contributed by atoms with Crippen molar-refractivity contribution in [2.24, 2.45) is 0 Å². The lowest BCUT2D eigenvalue weighted by molar-refractivity contribution is 0.0910. The summed E-state index contributed by atoms with van der Waals surface area (Å²) in [6.07, 6.45) is 0.693. The highest BCUT2D eigenvalue weighted by Gasteiger charge is 2.21. The number of amides is 1. The van der Waals surface area contributed by atoms with Gasteiger partial charge in [0, 0.05) is 6.54 Å². The van der Waals surface area contributed by atoms with Crippen LogP contribution in [0, 0.1) is 0 Å². The van der Waals surface area contributed by atoms with Gasteiger partial charge in [-0.2, -0.15) is 16.3 Å². The maximum absolute atomic E-state index is 12.3. The fraction of sp³-hybridized carbons (Fsp3) is 0.188. The summed E-state index contributed by atoms with van der Waals surface area (Å²) in [7, 11) is -3.59. The number of benzene rings is 1. The molecule has 0 saturated heterocycles. The SMILES string of the molecule is O=C(NCCc1ccsc1)c1nc(CS(=O)(=O)c2ccccc2)no1. The number of carbonyl (C=O) groups excluding carboxylic acids is 1. The lowest BCUT2D eigenvalue weighted by Crippen LogP contribution is -2.26. The summed E-state index contributed by atoms with van der Waals surface area (Å²) < 4.78 is 29.4. The standard InChI is InChI=1S/C16H15N3O4S2/c20-15(17-8-6-12-7-9-24-10-12)16-18-14(19-23-16)11-25(21,22)13-4-2-1-3-5-13/h1-5,7,9-10H,6,8,11H2,(H,17,20). The van der Waals surface area contributed by atoms with Gasteiger partial charge in [-0.15, -0.1) is 0 Å². The second-order valence-electron chi connectivity index (χ2n) is 5.23. The lowest BCUT2D eigenvalue weighted by atomic mass is 10.2. The van der Waals surface area contributed by atoms with Gasteiger partial charge in [0.05, 0.1) is 4.90 Å². The number of carbonyl (C=O) groups is 1. The number of rotatable bonds is 7. The Bertz CT molecular complexity index is 935. The number of aromatic nitrogens is 2. The first-order chi connectivity index (χ1) is 12.0. The molecule has 0 aliphatic rings. The molecule has 1 aromatic carbocycles. The Balaban J connectivity index is 1.59. The van der Waals surface area contributed by atoms with E-state index in [1.54, 1.807) is 29.5 Å². The number of nitrogens with zero attached hydrogens (tertiary/aromatic N) is 2. The van der Waals surface area contributed by atoms with E-state index in [2.05, 4.69) is 15.5 Å². The van der Waals surface area contributed by atoms with Gasteiger partial charge >= 0.3 is 11.8 Å². The molecule has 0 fully saturated rings. The van der Waals surface area contributed by atoms with Gasteiger partial charge in [-0.25, -0.2) is 8.42 Å². The van der Waals surface area contributed by atoms with Gasteiger partial charge in [-0.05, 0) is 40.9 Å². The van der Waals surface area contributed by atoms with Gasteiger partial charge in [0.1, 0.15) is 5.75 Å². The predicted molar refractivity (Wildman–Crippen MR) is 92.0 cm³/mol. The van der Waals surface area contributed by atoms with E-state index in [0.29, 0.717) is 13.0 Å². The van der Waals surface area contributed by atoms with E-state index in [4.69, 9.17) is 4.52 Å². The minimum atomic E-state index is -3.59. The van der Waals surface area contributed by atoms with Crippen LogP contribution in [-0.4, -0.2) is 31.0 Å². The van der Waals surface area contributed by atoms with Crippen molar-refractivity contribution in [2.75, 3.05) is 6.54 Å². The van der Waals surface area contributed by atoms with E-state index >= 15 is 0 Å². The van der Waals surface area contributed by atoms with E-state index in [-0.39, 0.29) is 16.6 Å². The van der Waals surface area contributed by atoms with Gasteiger partial charge < -0.3 is 9.84 Å². The molecule has 0 bridgehead atoms. The third kappa shape index (κ3) is 4.52. The van der Waals surface area contributed by atoms with Crippen LogP contribution in [0.5, 0.6) is 0 Å². The van der Waals surface area contributed by atoms with Crippen molar-refractivity contribution in [3.8, 4) is 0 Å². The third-order valence-electron chi connectivity index (χ3n) is 3.36. The molecule has 7 nitrogen and oxygen atoms in total. The average molecular weight is 377 g/mol. The minimum absolute atomic E-state index is 0.0492. The van der Waals surface area contributed by atoms with Crippen LogP contribution in [0.25, 0.3) is 0 Å². The molecule has 0 spiro atoms. The molecule has 0 aliphatic carbocycles. The molecular weight excluding hydrogens is 362 g/mol. The van der Waals surface area contributed by atoms with Crippen LogP contribution in [-0.2, 0) is 22.0 Å². The number of hydrogen-bond donors (Lipinski definition) is 1. The van der Waals surface area contributed by atoms with E-state index in [0.717, 1.165) is 5.56 Å². The van der Waals surface area contributed by atoms with E-state index in [1.165, 1.54) is 12.1 Å². The fourth-order valence-electron chi connectivity index (χ4n) is 2.12. The molecule has 2 aromatic heterocycles. The molecule has 130 valence electrons. The van der Waals surface area contributed by atoms with Gasteiger partial charge in [0.2, 0.25) is 0 Å². The Morgan fingerprint density at radius 1 is 1.20 bits per heavy atom. The number of hydrogen-bond acceptors (Lipinski definition) is 7. The second-order valence-corrected chi connectivity index (χ2v) is 8.00. The Kier molecular flexibility index (Phi) is 5.25. The zero-order valence-corrected chi connectivity index (χ0v) is 14.7. The number of sulfone groups is 1. The van der Waals surface area contributed by atoms with Gasteiger partial charge in [-0.3, -0.25) is 4.79 Å². The highest BCUT2D eigenvalue weighted by atomic mass is 32.2. The van der Waals surface area contributed by atoms with Crippen LogP contribution in [0.3, 0.4) is 0 Å². The van der Waals surface area contributed by atoms with Crippen LogP contribution in [0.2, 0.25) is 0 Å². The Labute approximate surface area is 148 Å². The zero-order chi connectivity index (χ0) is 17.7. The molecule has 3 aromatic rings. The van der Waals surface area contributed by atoms with Gasteiger partial charge in [-0.1, -0.05) is 23.4 Å².